The second-order valence-corrected chi connectivity index (χ2v) is 8.41. The van der Waals surface area contributed by atoms with Gasteiger partial charge in [-0.05, 0) is 50.4 Å². The van der Waals surface area contributed by atoms with E-state index in [2.05, 4.69) is 32.4 Å². The van der Waals surface area contributed by atoms with Crippen LogP contribution < -0.4 is 24.4 Å². The van der Waals surface area contributed by atoms with Crippen molar-refractivity contribution in [3.63, 3.8) is 0 Å². The summed E-state index contributed by atoms with van der Waals surface area (Å²) in [4.78, 5) is 17.2. The molecule has 1 amide bonds. The second-order valence-electron chi connectivity index (χ2n) is 8.41. The van der Waals surface area contributed by atoms with Crippen molar-refractivity contribution in [1.29, 1.82) is 0 Å². The Morgan fingerprint density at radius 2 is 1.74 bits per heavy atom. The molecule has 2 aliphatic heterocycles. The van der Waals surface area contributed by atoms with Crippen LogP contribution in [0.25, 0.3) is 11.3 Å². The maximum absolute atomic E-state index is 12.6. The molecule has 1 atom stereocenters. The highest BCUT2D eigenvalue weighted by Gasteiger charge is 2.19. The minimum Gasteiger partial charge on any atom is -0.481 e. The smallest absolute Gasteiger partial charge is 0.265 e. The average molecular weight is 462 g/mol. The van der Waals surface area contributed by atoms with Crippen molar-refractivity contribution >= 4 is 17.4 Å². The van der Waals surface area contributed by atoms with Gasteiger partial charge in [0.05, 0.1) is 5.69 Å². The first-order chi connectivity index (χ1) is 16.5. The second kappa shape index (κ2) is 9.56. The van der Waals surface area contributed by atoms with Crippen LogP contribution in [0.4, 0.5) is 11.5 Å². The van der Waals surface area contributed by atoms with Gasteiger partial charge in [0.15, 0.2) is 23.4 Å². The van der Waals surface area contributed by atoms with E-state index in [1.807, 2.05) is 36.4 Å². The molecular weight excluding hydrogens is 434 g/mol. The predicted octanol–water partition coefficient (Wildman–Crippen LogP) is 3.03. The van der Waals surface area contributed by atoms with Gasteiger partial charge in [0, 0.05) is 43.5 Å². The SMILES string of the molecule is CC(Oc1ccc2c(c1)OCO2)C(=O)Nc1ccc(-c2ccc(N3CCN(C)CC3)nn2)cc1. The van der Waals surface area contributed by atoms with Gasteiger partial charge in [0.25, 0.3) is 5.91 Å². The number of likely N-dealkylation sites (N-methyl/N-ethyl adjacent to an activating group) is 1. The predicted molar refractivity (Wildman–Crippen MR) is 128 cm³/mol. The first-order valence-corrected chi connectivity index (χ1v) is 11.3. The molecule has 0 spiro atoms. The zero-order valence-electron chi connectivity index (χ0n) is 19.2. The summed E-state index contributed by atoms with van der Waals surface area (Å²) in [6.07, 6.45) is -0.687. The van der Waals surface area contributed by atoms with E-state index in [0.29, 0.717) is 22.9 Å². The molecule has 0 aliphatic carbocycles. The van der Waals surface area contributed by atoms with Gasteiger partial charge >= 0.3 is 0 Å². The molecule has 0 saturated carbocycles. The molecule has 3 aromatic rings. The van der Waals surface area contributed by atoms with Gasteiger partial charge in [-0.1, -0.05) is 12.1 Å². The van der Waals surface area contributed by atoms with Crippen LogP contribution in [-0.2, 0) is 4.79 Å². The number of carbonyl (C=O) groups is 1. The van der Waals surface area contributed by atoms with Gasteiger partial charge in [-0.2, -0.15) is 0 Å². The molecule has 5 rings (SSSR count). The summed E-state index contributed by atoms with van der Waals surface area (Å²) in [5.41, 5.74) is 2.40. The topological polar surface area (TPSA) is 89.1 Å². The molecule has 1 fully saturated rings. The van der Waals surface area contributed by atoms with Crippen LogP contribution in [0.3, 0.4) is 0 Å². The van der Waals surface area contributed by atoms with Gasteiger partial charge in [-0.3, -0.25) is 4.79 Å². The summed E-state index contributed by atoms with van der Waals surface area (Å²) in [6, 6.07) is 16.7. The lowest BCUT2D eigenvalue weighted by Crippen LogP contribution is -2.44. The first-order valence-electron chi connectivity index (χ1n) is 11.3. The van der Waals surface area contributed by atoms with Crippen molar-refractivity contribution in [2.24, 2.45) is 0 Å². The molecule has 176 valence electrons. The van der Waals surface area contributed by atoms with Crippen molar-refractivity contribution in [3.8, 4) is 28.5 Å². The molecule has 1 saturated heterocycles. The standard InChI is InChI=1S/C25H27N5O4/c1-17(34-20-7-9-22-23(15-20)33-16-32-22)25(31)26-19-5-3-18(4-6-19)21-8-10-24(28-27-21)30-13-11-29(2)12-14-30/h3-10,15,17H,11-14,16H2,1-2H3,(H,26,31). The maximum atomic E-state index is 12.6. The Morgan fingerprint density at radius 3 is 2.47 bits per heavy atom. The van der Waals surface area contributed by atoms with Gasteiger partial charge in [-0.15, -0.1) is 10.2 Å². The molecule has 1 N–H and O–H groups in total. The first kappa shape index (κ1) is 22.0. The number of carbonyl (C=O) groups excluding carboxylic acids is 1. The number of amides is 1. The Morgan fingerprint density at radius 1 is 0.971 bits per heavy atom. The number of anilines is 2. The Bertz CT molecular complexity index is 1140. The van der Waals surface area contributed by atoms with E-state index >= 15 is 0 Å². The van der Waals surface area contributed by atoms with Gasteiger partial charge in [0.1, 0.15) is 5.75 Å². The lowest BCUT2D eigenvalue weighted by molar-refractivity contribution is -0.122. The fourth-order valence-electron chi connectivity index (χ4n) is 3.86. The van der Waals surface area contributed by atoms with Crippen LogP contribution in [0, 0.1) is 0 Å². The van der Waals surface area contributed by atoms with Crippen LogP contribution in [0.2, 0.25) is 0 Å². The van der Waals surface area contributed by atoms with Gasteiger partial charge in [0.2, 0.25) is 6.79 Å². The number of nitrogens with zero attached hydrogens (tertiary/aromatic N) is 4. The molecule has 0 radical (unpaired) electrons. The summed E-state index contributed by atoms with van der Waals surface area (Å²) in [5, 5.41) is 11.7. The molecule has 2 aliphatic rings. The summed E-state index contributed by atoms with van der Waals surface area (Å²) < 4.78 is 16.4. The highest BCUT2D eigenvalue weighted by atomic mass is 16.7. The monoisotopic (exact) mass is 461 g/mol. The molecule has 9 nitrogen and oxygen atoms in total. The van der Waals surface area contributed by atoms with Crippen molar-refractivity contribution < 1.29 is 19.0 Å². The minimum atomic E-state index is -0.687. The van der Waals surface area contributed by atoms with E-state index in [1.165, 1.54) is 0 Å². The normalized spacial score (nSPS) is 16.2. The molecule has 1 unspecified atom stereocenters. The van der Waals surface area contributed by atoms with Gasteiger partial charge in [-0.25, -0.2) is 0 Å². The fraction of sp³-hybridized carbons (Fsp3) is 0.320. The zero-order chi connectivity index (χ0) is 23.5. The third-order valence-electron chi connectivity index (χ3n) is 5.95. The van der Waals surface area contributed by atoms with Crippen LogP contribution >= 0.6 is 0 Å². The Kier molecular flexibility index (Phi) is 6.18. The Labute approximate surface area is 198 Å². The highest BCUT2D eigenvalue weighted by Crippen LogP contribution is 2.35. The van der Waals surface area contributed by atoms with E-state index in [1.54, 1.807) is 25.1 Å². The molecular formula is C25H27N5O4. The lowest BCUT2D eigenvalue weighted by Gasteiger charge is -2.32. The highest BCUT2D eigenvalue weighted by molar-refractivity contribution is 5.94. The van der Waals surface area contributed by atoms with Crippen molar-refractivity contribution in [3.05, 3.63) is 54.6 Å². The van der Waals surface area contributed by atoms with Crippen LogP contribution in [0.5, 0.6) is 17.2 Å². The Hall–Kier alpha value is -3.85. The summed E-state index contributed by atoms with van der Waals surface area (Å²) in [7, 11) is 2.13. The van der Waals surface area contributed by atoms with Gasteiger partial charge < -0.3 is 29.3 Å². The number of aromatic nitrogens is 2. The molecule has 3 heterocycles. The van der Waals surface area contributed by atoms with E-state index in [0.717, 1.165) is 43.3 Å². The number of fused-ring (bicyclic) bond motifs is 1. The van der Waals surface area contributed by atoms with Crippen molar-refractivity contribution in [1.82, 2.24) is 15.1 Å². The number of hydrogen-bond acceptors (Lipinski definition) is 8. The molecule has 0 bridgehead atoms. The van der Waals surface area contributed by atoms with E-state index < -0.39 is 6.10 Å². The number of piperazine rings is 1. The van der Waals surface area contributed by atoms with E-state index in [4.69, 9.17) is 14.2 Å². The number of benzene rings is 2. The van der Waals surface area contributed by atoms with E-state index in [9.17, 15) is 4.79 Å². The quantitative estimate of drug-likeness (QED) is 0.599. The average Bonchev–Trinajstić information content (AvgIpc) is 3.33. The van der Waals surface area contributed by atoms with Crippen molar-refractivity contribution in [2.45, 2.75) is 13.0 Å². The van der Waals surface area contributed by atoms with Crippen LogP contribution in [0.1, 0.15) is 6.92 Å². The molecule has 9 heteroatoms. The molecule has 1 aromatic heterocycles. The molecule has 2 aromatic carbocycles. The largest absolute Gasteiger partial charge is 0.481 e. The number of rotatable bonds is 6. The number of ether oxygens (including phenoxy) is 3. The summed E-state index contributed by atoms with van der Waals surface area (Å²) in [5.74, 6) is 2.48. The number of hydrogen-bond donors (Lipinski definition) is 1. The Balaban J connectivity index is 1.17. The summed E-state index contributed by atoms with van der Waals surface area (Å²) in [6.45, 7) is 5.85. The molecule has 34 heavy (non-hydrogen) atoms. The summed E-state index contributed by atoms with van der Waals surface area (Å²) >= 11 is 0. The van der Waals surface area contributed by atoms with Crippen LogP contribution in [0.15, 0.2) is 54.6 Å². The van der Waals surface area contributed by atoms with Crippen LogP contribution in [-0.4, -0.2) is 67.1 Å². The van der Waals surface area contributed by atoms with Crippen molar-refractivity contribution in [2.75, 3.05) is 50.2 Å². The zero-order valence-corrected chi connectivity index (χ0v) is 19.2. The third kappa shape index (κ3) is 4.89. The third-order valence-corrected chi connectivity index (χ3v) is 5.95. The maximum Gasteiger partial charge on any atom is 0.265 e. The van der Waals surface area contributed by atoms with E-state index in [-0.39, 0.29) is 12.7 Å². The fourth-order valence-corrected chi connectivity index (χ4v) is 3.86. The number of nitrogens with one attached hydrogen (secondary N) is 1. The minimum absolute atomic E-state index is 0.191. The lowest BCUT2D eigenvalue weighted by atomic mass is 10.1.